The van der Waals surface area contributed by atoms with Crippen molar-refractivity contribution in [2.75, 3.05) is 40.3 Å². The lowest BCUT2D eigenvalue weighted by atomic mass is 10.2. The maximum absolute atomic E-state index is 4.40. The van der Waals surface area contributed by atoms with Crippen LogP contribution in [0.1, 0.15) is 31.4 Å². The molecule has 2 rings (SSSR count). The molecule has 0 amide bonds. The molecule has 0 saturated carbocycles. The van der Waals surface area contributed by atoms with Crippen molar-refractivity contribution >= 4 is 29.9 Å². The number of guanidine groups is 1. The second-order valence-electron chi connectivity index (χ2n) is 6.20. The third-order valence-corrected chi connectivity index (χ3v) is 4.43. The van der Waals surface area contributed by atoms with Crippen molar-refractivity contribution in [1.82, 2.24) is 19.7 Å². The Hall–Kier alpha value is -0.760. The van der Waals surface area contributed by atoms with Crippen LogP contribution >= 0.6 is 24.0 Å². The van der Waals surface area contributed by atoms with E-state index in [1.54, 1.807) is 0 Å². The number of hydrogen-bond acceptors (Lipinski definition) is 2. The van der Waals surface area contributed by atoms with Gasteiger partial charge in [0.15, 0.2) is 5.96 Å². The molecule has 0 aromatic carbocycles. The van der Waals surface area contributed by atoms with Crippen LogP contribution in [0.4, 0.5) is 0 Å². The summed E-state index contributed by atoms with van der Waals surface area (Å²) in [5.74, 6) is 0.969. The van der Waals surface area contributed by atoms with Gasteiger partial charge in [-0.3, -0.25) is 4.99 Å². The molecule has 0 aliphatic carbocycles. The molecule has 6 heteroatoms. The van der Waals surface area contributed by atoms with Crippen molar-refractivity contribution in [3.05, 3.63) is 24.0 Å². The smallest absolute Gasteiger partial charge is 0.193 e. The van der Waals surface area contributed by atoms with Crippen LogP contribution in [0.15, 0.2) is 23.3 Å². The predicted molar refractivity (Wildman–Crippen MR) is 109 cm³/mol. The van der Waals surface area contributed by atoms with Gasteiger partial charge in [0, 0.05) is 46.1 Å². The van der Waals surface area contributed by atoms with Crippen LogP contribution in [0.2, 0.25) is 0 Å². The third kappa shape index (κ3) is 6.71. The Morgan fingerprint density at radius 2 is 1.96 bits per heavy atom. The fraction of sp³-hybridized carbons (Fsp3) is 0.706. The van der Waals surface area contributed by atoms with Crippen LogP contribution in [0.25, 0.3) is 0 Å². The van der Waals surface area contributed by atoms with Crippen molar-refractivity contribution in [3.8, 4) is 0 Å². The number of nitrogens with one attached hydrogen (secondary N) is 1. The molecule has 0 radical (unpaired) electrons. The third-order valence-electron chi connectivity index (χ3n) is 4.43. The summed E-state index contributed by atoms with van der Waals surface area (Å²) in [7, 11) is 6.03. The van der Waals surface area contributed by atoms with Crippen molar-refractivity contribution in [3.63, 3.8) is 0 Å². The highest BCUT2D eigenvalue weighted by atomic mass is 127. The Bertz CT molecular complexity index is 463. The summed E-state index contributed by atoms with van der Waals surface area (Å²) < 4.78 is 2.15. The van der Waals surface area contributed by atoms with Gasteiger partial charge in [-0.25, -0.2) is 0 Å². The Kier molecular flexibility index (Phi) is 9.62. The van der Waals surface area contributed by atoms with E-state index >= 15 is 0 Å². The molecular weight excluding hydrogens is 401 g/mol. The SMILES string of the molecule is CN=C(NCCN1CCCCCC1)N(C)Cc1cccn1C.I. The normalized spacial score (nSPS) is 16.6. The predicted octanol–water partition coefficient (Wildman–Crippen LogP) is 2.53. The molecule has 1 saturated heterocycles. The largest absolute Gasteiger partial charge is 0.355 e. The van der Waals surface area contributed by atoms with Gasteiger partial charge in [-0.15, -0.1) is 24.0 Å². The summed E-state index contributed by atoms with van der Waals surface area (Å²) in [5.41, 5.74) is 1.29. The molecule has 23 heavy (non-hydrogen) atoms. The van der Waals surface area contributed by atoms with E-state index in [4.69, 9.17) is 0 Å². The number of hydrogen-bond donors (Lipinski definition) is 1. The quantitative estimate of drug-likeness (QED) is 0.441. The Labute approximate surface area is 158 Å². The van der Waals surface area contributed by atoms with Gasteiger partial charge in [0.05, 0.1) is 6.54 Å². The molecule has 132 valence electrons. The molecule has 1 aliphatic heterocycles. The lowest BCUT2D eigenvalue weighted by Gasteiger charge is -2.24. The van der Waals surface area contributed by atoms with Crippen LogP contribution < -0.4 is 5.32 Å². The number of rotatable bonds is 5. The summed E-state index contributed by atoms with van der Waals surface area (Å²) in [4.78, 5) is 9.16. The summed E-state index contributed by atoms with van der Waals surface area (Å²) >= 11 is 0. The zero-order chi connectivity index (χ0) is 15.8. The van der Waals surface area contributed by atoms with Crippen molar-refractivity contribution in [1.29, 1.82) is 0 Å². The van der Waals surface area contributed by atoms with Crippen LogP contribution in [0.3, 0.4) is 0 Å². The van der Waals surface area contributed by atoms with Crippen molar-refractivity contribution in [2.24, 2.45) is 12.0 Å². The molecule has 5 nitrogen and oxygen atoms in total. The van der Waals surface area contributed by atoms with Crippen LogP contribution in [-0.2, 0) is 13.6 Å². The van der Waals surface area contributed by atoms with Gasteiger partial charge < -0.3 is 19.7 Å². The summed E-state index contributed by atoms with van der Waals surface area (Å²) in [6.45, 7) is 5.44. The van der Waals surface area contributed by atoms with E-state index in [1.807, 2.05) is 7.05 Å². The first-order valence-electron chi connectivity index (χ1n) is 8.45. The van der Waals surface area contributed by atoms with E-state index in [1.165, 1.54) is 44.5 Å². The minimum Gasteiger partial charge on any atom is -0.355 e. The maximum atomic E-state index is 4.40. The molecule has 2 heterocycles. The molecule has 1 aliphatic rings. The lowest BCUT2D eigenvalue weighted by Crippen LogP contribution is -2.42. The average molecular weight is 433 g/mol. The van der Waals surface area contributed by atoms with Crippen LogP contribution in [0.5, 0.6) is 0 Å². The first-order chi connectivity index (χ1) is 10.7. The molecule has 0 spiro atoms. The molecule has 1 aromatic rings. The summed E-state index contributed by atoms with van der Waals surface area (Å²) in [5, 5.41) is 3.49. The van der Waals surface area contributed by atoms with Crippen LogP contribution in [-0.4, -0.2) is 60.6 Å². The summed E-state index contributed by atoms with van der Waals surface area (Å²) in [6, 6.07) is 4.24. The summed E-state index contributed by atoms with van der Waals surface area (Å²) in [6.07, 6.45) is 7.57. The molecule has 1 aromatic heterocycles. The maximum Gasteiger partial charge on any atom is 0.193 e. The van der Waals surface area contributed by atoms with Gasteiger partial charge >= 0.3 is 0 Å². The fourth-order valence-electron chi connectivity index (χ4n) is 3.05. The minimum absolute atomic E-state index is 0. The van der Waals surface area contributed by atoms with Gasteiger partial charge in [0.25, 0.3) is 0 Å². The van der Waals surface area contributed by atoms with E-state index < -0.39 is 0 Å². The Morgan fingerprint density at radius 3 is 2.52 bits per heavy atom. The Morgan fingerprint density at radius 1 is 1.26 bits per heavy atom. The number of likely N-dealkylation sites (tertiary alicyclic amines) is 1. The zero-order valence-corrected chi connectivity index (χ0v) is 17.1. The molecule has 1 N–H and O–H groups in total. The van der Waals surface area contributed by atoms with Gasteiger partial charge in [-0.2, -0.15) is 0 Å². The number of halogens is 1. The monoisotopic (exact) mass is 433 g/mol. The highest BCUT2D eigenvalue weighted by Crippen LogP contribution is 2.08. The van der Waals surface area contributed by atoms with E-state index in [0.717, 1.165) is 25.6 Å². The van der Waals surface area contributed by atoms with E-state index in [0.29, 0.717) is 0 Å². The van der Waals surface area contributed by atoms with E-state index in [9.17, 15) is 0 Å². The van der Waals surface area contributed by atoms with Crippen LogP contribution in [0, 0.1) is 0 Å². The Balaban J connectivity index is 0.00000264. The zero-order valence-electron chi connectivity index (χ0n) is 14.8. The number of nitrogens with zero attached hydrogens (tertiary/aromatic N) is 4. The first kappa shape index (κ1) is 20.3. The van der Waals surface area contributed by atoms with Crippen molar-refractivity contribution < 1.29 is 0 Å². The first-order valence-corrected chi connectivity index (χ1v) is 8.45. The lowest BCUT2D eigenvalue weighted by molar-refractivity contribution is 0.287. The fourth-order valence-corrected chi connectivity index (χ4v) is 3.05. The van der Waals surface area contributed by atoms with E-state index in [2.05, 4.69) is 57.1 Å². The topological polar surface area (TPSA) is 35.8 Å². The number of aromatic nitrogens is 1. The minimum atomic E-state index is 0. The van der Waals surface area contributed by atoms with Gasteiger partial charge in [0.2, 0.25) is 0 Å². The van der Waals surface area contributed by atoms with Crippen molar-refractivity contribution in [2.45, 2.75) is 32.2 Å². The number of aliphatic imine (C=N–C) groups is 1. The van der Waals surface area contributed by atoms with Gasteiger partial charge in [-0.05, 0) is 38.1 Å². The molecular formula is C17H32IN5. The van der Waals surface area contributed by atoms with Gasteiger partial charge in [0.1, 0.15) is 0 Å². The number of aryl methyl sites for hydroxylation is 1. The highest BCUT2D eigenvalue weighted by molar-refractivity contribution is 14.0. The standard InChI is InChI=1S/C17H31N5.HI/c1-18-17(21(3)15-16-9-8-11-20(16)2)19-10-14-22-12-6-4-5-7-13-22;/h8-9,11H,4-7,10,12-15H2,1-3H3,(H,18,19);1H. The molecule has 1 fully saturated rings. The van der Waals surface area contributed by atoms with E-state index in [-0.39, 0.29) is 24.0 Å². The average Bonchev–Trinajstić information content (AvgIpc) is 2.77. The van der Waals surface area contributed by atoms with Gasteiger partial charge in [-0.1, -0.05) is 12.8 Å². The highest BCUT2D eigenvalue weighted by Gasteiger charge is 2.11. The second kappa shape index (κ2) is 10.9. The molecule has 0 atom stereocenters. The second-order valence-corrected chi connectivity index (χ2v) is 6.20. The molecule has 0 bridgehead atoms. The molecule has 0 unspecified atom stereocenters.